The summed E-state index contributed by atoms with van der Waals surface area (Å²) in [4.78, 5) is 16.0. The first kappa shape index (κ1) is 16.5. The number of para-hydroxylation sites is 1. The van der Waals surface area contributed by atoms with Gasteiger partial charge in [0.25, 0.3) is 5.91 Å². The minimum atomic E-state index is -0.343. The van der Waals surface area contributed by atoms with Gasteiger partial charge in [-0.2, -0.15) is 0 Å². The Kier molecular flexibility index (Phi) is 5.11. The molecule has 2 N–H and O–H groups in total. The van der Waals surface area contributed by atoms with Crippen LogP contribution in [0.1, 0.15) is 6.92 Å². The maximum atomic E-state index is 13.2. The van der Waals surface area contributed by atoms with E-state index in [4.69, 9.17) is 0 Å². The van der Waals surface area contributed by atoms with E-state index in [2.05, 4.69) is 22.3 Å². The van der Waals surface area contributed by atoms with Gasteiger partial charge in [-0.05, 0) is 37.3 Å². The van der Waals surface area contributed by atoms with E-state index in [0.29, 0.717) is 5.69 Å². The molecule has 0 aromatic heterocycles. The Morgan fingerprint density at radius 3 is 2.50 bits per heavy atom. The number of nitrogens with zero attached hydrogens (tertiary/aromatic N) is 1. The van der Waals surface area contributed by atoms with E-state index in [1.807, 2.05) is 25.1 Å². The van der Waals surface area contributed by atoms with Crippen LogP contribution in [0.2, 0.25) is 0 Å². The number of quaternary nitrogens is 1. The van der Waals surface area contributed by atoms with Crippen LogP contribution in [0, 0.1) is 5.82 Å². The van der Waals surface area contributed by atoms with Crippen molar-refractivity contribution in [3.63, 3.8) is 0 Å². The summed E-state index contributed by atoms with van der Waals surface area (Å²) in [7, 11) is 0. The minimum absolute atomic E-state index is 0.0660. The van der Waals surface area contributed by atoms with Gasteiger partial charge in [0.1, 0.15) is 5.82 Å². The molecule has 2 aromatic carbocycles. The van der Waals surface area contributed by atoms with Crippen LogP contribution < -0.4 is 15.1 Å². The molecule has 0 spiro atoms. The van der Waals surface area contributed by atoms with Crippen molar-refractivity contribution in [1.29, 1.82) is 0 Å². The number of carbonyl (C=O) groups excluding carboxylic acids is 1. The zero-order chi connectivity index (χ0) is 16.9. The first-order valence-corrected chi connectivity index (χ1v) is 8.34. The summed E-state index contributed by atoms with van der Waals surface area (Å²) in [6, 6.07) is 16.2. The first-order valence-electron chi connectivity index (χ1n) is 8.34. The molecule has 1 heterocycles. The lowest BCUT2D eigenvalue weighted by Crippen LogP contribution is -3.19. The van der Waals surface area contributed by atoms with E-state index >= 15 is 0 Å². The van der Waals surface area contributed by atoms with Gasteiger partial charge < -0.3 is 15.1 Å². The fraction of sp³-hybridized carbons (Fsp3) is 0.316. The summed E-state index contributed by atoms with van der Waals surface area (Å²) in [6.45, 7) is 5.61. The molecule has 1 fully saturated rings. The van der Waals surface area contributed by atoms with E-state index in [1.165, 1.54) is 22.7 Å². The molecule has 5 heteroatoms. The van der Waals surface area contributed by atoms with Crippen molar-refractivity contribution < 1.29 is 14.1 Å². The fourth-order valence-corrected chi connectivity index (χ4v) is 3.13. The van der Waals surface area contributed by atoms with Gasteiger partial charge in [0, 0.05) is 11.4 Å². The topological polar surface area (TPSA) is 36.8 Å². The summed E-state index contributed by atoms with van der Waals surface area (Å²) in [6.07, 6.45) is 0. The molecule has 1 saturated heterocycles. The molecule has 1 aliphatic rings. The number of carbonyl (C=O) groups is 1. The average molecular weight is 328 g/mol. The quantitative estimate of drug-likeness (QED) is 0.894. The molecule has 24 heavy (non-hydrogen) atoms. The van der Waals surface area contributed by atoms with Crippen LogP contribution >= 0.6 is 0 Å². The van der Waals surface area contributed by atoms with Gasteiger partial charge in [-0.25, -0.2) is 4.39 Å². The highest BCUT2D eigenvalue weighted by molar-refractivity contribution is 5.93. The summed E-state index contributed by atoms with van der Waals surface area (Å²) >= 11 is 0. The second-order valence-corrected chi connectivity index (χ2v) is 6.20. The second-order valence-electron chi connectivity index (χ2n) is 6.20. The van der Waals surface area contributed by atoms with Crippen LogP contribution in [0.4, 0.5) is 15.8 Å². The predicted molar refractivity (Wildman–Crippen MR) is 93.8 cm³/mol. The van der Waals surface area contributed by atoms with Crippen molar-refractivity contribution in [3.8, 4) is 0 Å². The molecule has 0 unspecified atom stereocenters. The number of hydrogen-bond acceptors (Lipinski definition) is 2. The van der Waals surface area contributed by atoms with Gasteiger partial charge in [0.05, 0.1) is 26.2 Å². The third-order valence-electron chi connectivity index (χ3n) is 4.62. The molecular weight excluding hydrogens is 305 g/mol. The lowest BCUT2D eigenvalue weighted by Gasteiger charge is -2.36. The highest BCUT2D eigenvalue weighted by atomic mass is 19.1. The summed E-state index contributed by atoms with van der Waals surface area (Å²) in [5, 5.41) is 2.81. The number of rotatable bonds is 4. The van der Waals surface area contributed by atoms with Gasteiger partial charge in [-0.1, -0.05) is 24.3 Å². The largest absolute Gasteiger partial charge is 0.360 e. The van der Waals surface area contributed by atoms with Gasteiger partial charge in [0.15, 0.2) is 6.04 Å². The van der Waals surface area contributed by atoms with Gasteiger partial charge in [-0.3, -0.25) is 4.79 Å². The normalized spacial score (nSPS) is 16.7. The molecule has 0 aliphatic carbocycles. The molecule has 0 radical (unpaired) electrons. The van der Waals surface area contributed by atoms with Gasteiger partial charge >= 0.3 is 0 Å². The summed E-state index contributed by atoms with van der Waals surface area (Å²) in [5.74, 6) is -0.409. The predicted octanol–water partition coefficient (Wildman–Crippen LogP) is 1.56. The highest BCUT2D eigenvalue weighted by Gasteiger charge is 2.29. The molecule has 1 atom stereocenters. The number of benzene rings is 2. The van der Waals surface area contributed by atoms with Crippen molar-refractivity contribution in [3.05, 3.63) is 60.4 Å². The van der Waals surface area contributed by atoms with Crippen LogP contribution in [0.15, 0.2) is 54.6 Å². The lowest BCUT2D eigenvalue weighted by atomic mass is 10.2. The molecule has 3 rings (SSSR count). The van der Waals surface area contributed by atoms with E-state index in [9.17, 15) is 9.18 Å². The third-order valence-corrected chi connectivity index (χ3v) is 4.62. The number of halogens is 1. The Hall–Kier alpha value is -2.40. The SMILES string of the molecule is C[C@@H](C(=O)Nc1cccc(F)c1)[NH+]1CCN(c2ccccc2)CC1. The summed E-state index contributed by atoms with van der Waals surface area (Å²) < 4.78 is 13.2. The zero-order valence-electron chi connectivity index (χ0n) is 13.8. The molecule has 0 saturated carbocycles. The minimum Gasteiger partial charge on any atom is -0.360 e. The van der Waals surface area contributed by atoms with Gasteiger partial charge in [0.2, 0.25) is 0 Å². The van der Waals surface area contributed by atoms with Crippen LogP contribution in [-0.4, -0.2) is 38.1 Å². The highest BCUT2D eigenvalue weighted by Crippen LogP contribution is 2.13. The molecule has 4 nitrogen and oxygen atoms in total. The molecule has 126 valence electrons. The van der Waals surface area contributed by atoms with Crippen molar-refractivity contribution in [1.82, 2.24) is 0 Å². The van der Waals surface area contributed by atoms with Crippen LogP contribution in [-0.2, 0) is 4.79 Å². The lowest BCUT2D eigenvalue weighted by molar-refractivity contribution is -0.914. The van der Waals surface area contributed by atoms with E-state index < -0.39 is 0 Å². The maximum absolute atomic E-state index is 13.2. The Bertz CT molecular complexity index is 684. The van der Waals surface area contributed by atoms with E-state index in [-0.39, 0.29) is 17.8 Å². The number of nitrogens with one attached hydrogen (secondary N) is 2. The van der Waals surface area contributed by atoms with Crippen molar-refractivity contribution in [2.75, 3.05) is 36.4 Å². The van der Waals surface area contributed by atoms with Crippen molar-refractivity contribution in [2.45, 2.75) is 13.0 Å². The number of anilines is 2. The maximum Gasteiger partial charge on any atom is 0.282 e. The smallest absolute Gasteiger partial charge is 0.282 e. The van der Waals surface area contributed by atoms with E-state index in [1.54, 1.807) is 12.1 Å². The average Bonchev–Trinajstić information content (AvgIpc) is 2.62. The fourth-order valence-electron chi connectivity index (χ4n) is 3.13. The van der Waals surface area contributed by atoms with Crippen molar-refractivity contribution >= 4 is 17.3 Å². The molecular formula is C19H23FN3O+. The standard InChI is InChI=1S/C19H22FN3O/c1-15(19(24)21-17-7-5-6-16(20)14-17)22-10-12-23(13-11-22)18-8-3-2-4-9-18/h2-9,14-15H,10-13H2,1H3,(H,21,24)/p+1/t15-/m0/s1. The monoisotopic (exact) mass is 328 g/mol. The van der Waals surface area contributed by atoms with Crippen molar-refractivity contribution in [2.24, 2.45) is 0 Å². The molecule has 2 aromatic rings. The molecule has 1 amide bonds. The molecule has 1 aliphatic heterocycles. The third kappa shape index (κ3) is 3.92. The number of amides is 1. The van der Waals surface area contributed by atoms with Crippen LogP contribution in [0.3, 0.4) is 0 Å². The number of hydrogen-bond donors (Lipinski definition) is 2. The Balaban J connectivity index is 1.55. The second kappa shape index (κ2) is 7.45. The Morgan fingerprint density at radius 1 is 1.12 bits per heavy atom. The Morgan fingerprint density at radius 2 is 1.83 bits per heavy atom. The van der Waals surface area contributed by atoms with Crippen LogP contribution in [0.5, 0.6) is 0 Å². The number of piperazine rings is 1. The summed E-state index contributed by atoms with van der Waals surface area (Å²) in [5.41, 5.74) is 1.74. The zero-order valence-corrected chi connectivity index (χ0v) is 13.8. The van der Waals surface area contributed by atoms with E-state index in [0.717, 1.165) is 26.2 Å². The first-order chi connectivity index (χ1) is 11.6. The van der Waals surface area contributed by atoms with Crippen LogP contribution in [0.25, 0.3) is 0 Å². The van der Waals surface area contributed by atoms with Gasteiger partial charge in [-0.15, -0.1) is 0 Å². The molecule has 0 bridgehead atoms. The Labute approximate surface area is 141 Å².